The number of benzene rings is 1. The lowest BCUT2D eigenvalue weighted by molar-refractivity contribution is -0.125. The van der Waals surface area contributed by atoms with E-state index in [1.54, 1.807) is 39.2 Å². The number of nitrogens with zero attached hydrogens (tertiary/aromatic N) is 2. The first kappa shape index (κ1) is 14.5. The average Bonchev–Trinajstić information content (AvgIpc) is 2.61. The Morgan fingerprint density at radius 3 is 2.65 bits per heavy atom. The number of carbonyl (C=O) groups is 1. The molecule has 0 spiro atoms. The Kier molecular flexibility index (Phi) is 3.78. The standard InChI is InChI=1S/C12H16N4O3S/c1-8(12(17)14-16(2)3)13-11-9-6-4-5-7-10(9)20(18,19)15-11/h4-8H,1-3H3,(H,13,15)(H,14,17)/t8-/m0/s1. The molecule has 7 nitrogen and oxygen atoms in total. The third-order valence-electron chi connectivity index (χ3n) is 2.70. The van der Waals surface area contributed by atoms with Crippen molar-refractivity contribution in [3.05, 3.63) is 29.8 Å². The highest BCUT2D eigenvalue weighted by Crippen LogP contribution is 2.22. The van der Waals surface area contributed by atoms with E-state index in [0.717, 1.165) is 0 Å². The summed E-state index contributed by atoms with van der Waals surface area (Å²) in [6, 6.07) is 5.82. The highest BCUT2D eigenvalue weighted by atomic mass is 32.2. The number of hydrazine groups is 1. The van der Waals surface area contributed by atoms with E-state index in [2.05, 4.69) is 15.1 Å². The minimum Gasteiger partial charge on any atom is -0.288 e. The number of rotatable bonds is 3. The van der Waals surface area contributed by atoms with Gasteiger partial charge in [0.2, 0.25) is 0 Å². The lowest BCUT2D eigenvalue weighted by Gasteiger charge is -2.14. The molecule has 0 radical (unpaired) electrons. The van der Waals surface area contributed by atoms with Gasteiger partial charge >= 0.3 is 0 Å². The van der Waals surface area contributed by atoms with Gasteiger partial charge in [-0.3, -0.25) is 19.9 Å². The predicted octanol–water partition coefficient (Wildman–Crippen LogP) is -0.294. The van der Waals surface area contributed by atoms with Crippen molar-refractivity contribution in [3.8, 4) is 0 Å². The molecule has 1 atom stereocenters. The normalized spacial score (nSPS) is 19.5. The summed E-state index contributed by atoms with van der Waals surface area (Å²) in [4.78, 5) is 16.1. The summed E-state index contributed by atoms with van der Waals surface area (Å²) in [7, 11) is -0.200. The van der Waals surface area contributed by atoms with Crippen molar-refractivity contribution in [2.45, 2.75) is 17.9 Å². The van der Waals surface area contributed by atoms with Crippen LogP contribution in [0.15, 0.2) is 34.2 Å². The average molecular weight is 296 g/mol. The molecular weight excluding hydrogens is 280 g/mol. The van der Waals surface area contributed by atoms with Crippen molar-refractivity contribution in [2.75, 3.05) is 14.1 Å². The van der Waals surface area contributed by atoms with Crippen LogP contribution in [0.5, 0.6) is 0 Å². The molecule has 20 heavy (non-hydrogen) atoms. The number of sulfonamides is 1. The third kappa shape index (κ3) is 2.81. The quantitative estimate of drug-likeness (QED) is 0.750. The van der Waals surface area contributed by atoms with Crippen molar-refractivity contribution in [1.29, 1.82) is 0 Å². The lowest BCUT2D eigenvalue weighted by atomic mass is 10.2. The van der Waals surface area contributed by atoms with Crippen LogP contribution in [0, 0.1) is 0 Å². The summed E-state index contributed by atoms with van der Waals surface area (Å²) in [5, 5.41) is 1.51. The van der Waals surface area contributed by atoms with E-state index < -0.39 is 16.1 Å². The summed E-state index contributed by atoms with van der Waals surface area (Å²) in [5.41, 5.74) is 3.05. The van der Waals surface area contributed by atoms with Gasteiger partial charge in [0, 0.05) is 19.7 Å². The van der Waals surface area contributed by atoms with Gasteiger partial charge in [0.1, 0.15) is 11.9 Å². The number of carbonyl (C=O) groups excluding carboxylic acids is 1. The van der Waals surface area contributed by atoms with Crippen LogP contribution in [0.1, 0.15) is 12.5 Å². The molecule has 8 heteroatoms. The Labute approximate surface area is 117 Å². The molecule has 1 amide bonds. The van der Waals surface area contributed by atoms with Crippen molar-refractivity contribution >= 4 is 21.8 Å². The monoisotopic (exact) mass is 296 g/mol. The van der Waals surface area contributed by atoms with Gasteiger partial charge in [-0.15, -0.1) is 0 Å². The van der Waals surface area contributed by atoms with Gasteiger partial charge in [0.05, 0.1) is 4.90 Å². The van der Waals surface area contributed by atoms with E-state index in [1.807, 2.05) is 0 Å². The lowest BCUT2D eigenvalue weighted by Crippen LogP contribution is -2.41. The summed E-state index contributed by atoms with van der Waals surface area (Å²) < 4.78 is 26.1. The van der Waals surface area contributed by atoms with E-state index in [0.29, 0.717) is 5.56 Å². The number of hydrogen-bond acceptors (Lipinski definition) is 5. The maximum Gasteiger partial charge on any atom is 0.263 e. The van der Waals surface area contributed by atoms with E-state index in [-0.39, 0.29) is 16.6 Å². The Balaban J connectivity index is 2.31. The van der Waals surface area contributed by atoms with Gasteiger partial charge in [-0.05, 0) is 19.1 Å². The molecule has 1 aliphatic rings. The van der Waals surface area contributed by atoms with Crippen LogP contribution in [0.3, 0.4) is 0 Å². The first-order valence-electron chi connectivity index (χ1n) is 5.99. The molecule has 0 saturated carbocycles. The molecule has 1 heterocycles. The van der Waals surface area contributed by atoms with E-state index in [9.17, 15) is 13.2 Å². The number of hydrogen-bond donors (Lipinski definition) is 2. The fraction of sp³-hybridized carbons (Fsp3) is 0.333. The van der Waals surface area contributed by atoms with Crippen LogP contribution < -0.4 is 10.1 Å². The topological polar surface area (TPSA) is 90.9 Å². The molecule has 2 N–H and O–H groups in total. The van der Waals surface area contributed by atoms with Crippen molar-refractivity contribution < 1.29 is 13.2 Å². The van der Waals surface area contributed by atoms with Crippen LogP contribution in [0.4, 0.5) is 0 Å². The van der Waals surface area contributed by atoms with E-state index in [4.69, 9.17) is 0 Å². The number of aliphatic imine (C=N–C) groups is 1. The molecular formula is C12H16N4O3S. The molecule has 108 valence electrons. The molecule has 0 unspecified atom stereocenters. The minimum atomic E-state index is -3.57. The van der Waals surface area contributed by atoms with Gasteiger partial charge in [-0.2, -0.15) is 0 Å². The van der Waals surface area contributed by atoms with Gasteiger partial charge in [0.15, 0.2) is 0 Å². The molecule has 0 fully saturated rings. The fourth-order valence-corrected chi connectivity index (χ4v) is 3.03. The minimum absolute atomic E-state index is 0.180. The van der Waals surface area contributed by atoms with Gasteiger partial charge < -0.3 is 0 Å². The molecule has 0 aliphatic carbocycles. The zero-order valence-corrected chi connectivity index (χ0v) is 12.2. The second-order valence-electron chi connectivity index (χ2n) is 4.63. The Morgan fingerprint density at radius 2 is 2.00 bits per heavy atom. The van der Waals surface area contributed by atoms with Crippen molar-refractivity contribution in [1.82, 2.24) is 15.2 Å². The molecule has 2 rings (SSSR count). The number of nitrogens with one attached hydrogen (secondary N) is 2. The van der Waals surface area contributed by atoms with Gasteiger partial charge in [-0.1, -0.05) is 12.1 Å². The first-order chi connectivity index (χ1) is 9.31. The van der Waals surface area contributed by atoms with Crippen LogP contribution in [-0.4, -0.2) is 45.3 Å². The van der Waals surface area contributed by atoms with Gasteiger partial charge in [0.25, 0.3) is 15.9 Å². The number of amides is 1. The van der Waals surface area contributed by atoms with E-state index in [1.165, 1.54) is 11.1 Å². The van der Waals surface area contributed by atoms with E-state index >= 15 is 0 Å². The highest BCUT2D eigenvalue weighted by Gasteiger charge is 2.31. The second kappa shape index (κ2) is 5.22. The maximum absolute atomic E-state index is 11.9. The first-order valence-corrected chi connectivity index (χ1v) is 7.47. The number of amidine groups is 1. The summed E-state index contributed by atoms with van der Waals surface area (Å²) in [6.45, 7) is 1.60. The largest absolute Gasteiger partial charge is 0.288 e. The zero-order chi connectivity index (χ0) is 14.9. The molecule has 0 bridgehead atoms. The Morgan fingerprint density at radius 1 is 1.35 bits per heavy atom. The Bertz CT molecular complexity index is 667. The smallest absolute Gasteiger partial charge is 0.263 e. The van der Waals surface area contributed by atoms with Crippen LogP contribution in [0.25, 0.3) is 0 Å². The zero-order valence-electron chi connectivity index (χ0n) is 11.4. The SMILES string of the molecule is C[C@H](N=C1NS(=O)(=O)c2ccccc21)C(=O)NN(C)C. The second-order valence-corrected chi connectivity index (χ2v) is 6.28. The molecule has 1 aliphatic heterocycles. The predicted molar refractivity (Wildman–Crippen MR) is 74.6 cm³/mol. The molecule has 0 saturated heterocycles. The molecule has 1 aromatic rings. The number of fused-ring (bicyclic) bond motifs is 1. The molecule has 0 aromatic heterocycles. The van der Waals surface area contributed by atoms with Crippen LogP contribution >= 0.6 is 0 Å². The summed E-state index contributed by atoms with van der Waals surface area (Å²) >= 11 is 0. The third-order valence-corrected chi connectivity index (χ3v) is 4.10. The van der Waals surface area contributed by atoms with Crippen molar-refractivity contribution in [3.63, 3.8) is 0 Å². The Hall–Kier alpha value is -1.93. The molecule has 1 aromatic carbocycles. The maximum atomic E-state index is 11.9. The van der Waals surface area contributed by atoms with Gasteiger partial charge in [-0.25, -0.2) is 13.4 Å². The summed E-state index contributed by atoms with van der Waals surface area (Å²) in [5.74, 6) is -0.118. The van der Waals surface area contributed by atoms with Crippen LogP contribution in [0.2, 0.25) is 0 Å². The fourth-order valence-electron chi connectivity index (χ4n) is 1.80. The highest BCUT2D eigenvalue weighted by molar-refractivity contribution is 7.90. The van der Waals surface area contributed by atoms with Crippen LogP contribution in [-0.2, 0) is 14.8 Å². The summed E-state index contributed by atoms with van der Waals surface area (Å²) in [6.07, 6.45) is 0. The van der Waals surface area contributed by atoms with Crippen molar-refractivity contribution in [2.24, 2.45) is 4.99 Å².